The number of nitrogens with one attached hydrogen (secondary N) is 1. The van der Waals surface area contributed by atoms with Gasteiger partial charge in [-0.1, -0.05) is 35.3 Å². The number of benzene rings is 2. The summed E-state index contributed by atoms with van der Waals surface area (Å²) in [6.07, 6.45) is 0.799. The molecule has 4 nitrogen and oxygen atoms in total. The zero-order valence-corrected chi connectivity index (χ0v) is 17.4. The molecule has 0 aromatic heterocycles. The highest BCUT2D eigenvalue weighted by atomic mass is 35.5. The zero-order valence-electron chi connectivity index (χ0n) is 15.9. The minimum atomic E-state index is -0.158. The lowest BCUT2D eigenvalue weighted by atomic mass is 10.1. The molecule has 0 fully saturated rings. The molecule has 146 valence electrons. The minimum Gasteiger partial charge on any atom is -0.490 e. The van der Waals surface area contributed by atoms with Crippen molar-refractivity contribution in [2.45, 2.75) is 39.7 Å². The van der Waals surface area contributed by atoms with Crippen molar-refractivity contribution in [1.29, 1.82) is 0 Å². The average molecular weight is 410 g/mol. The Morgan fingerprint density at radius 1 is 1.04 bits per heavy atom. The number of halogens is 2. The molecule has 1 amide bonds. The van der Waals surface area contributed by atoms with Gasteiger partial charge in [-0.25, -0.2) is 0 Å². The molecule has 0 saturated heterocycles. The van der Waals surface area contributed by atoms with E-state index in [1.807, 2.05) is 39.0 Å². The molecule has 6 heteroatoms. The Balaban J connectivity index is 2.00. The van der Waals surface area contributed by atoms with E-state index in [-0.39, 0.29) is 11.9 Å². The third kappa shape index (κ3) is 6.05. The largest absolute Gasteiger partial charge is 0.490 e. The van der Waals surface area contributed by atoms with Gasteiger partial charge in [-0.3, -0.25) is 4.79 Å². The molecule has 0 aliphatic rings. The van der Waals surface area contributed by atoms with Crippen LogP contribution in [0.2, 0.25) is 10.0 Å². The van der Waals surface area contributed by atoms with Crippen molar-refractivity contribution >= 4 is 29.1 Å². The summed E-state index contributed by atoms with van der Waals surface area (Å²) < 4.78 is 11.2. The van der Waals surface area contributed by atoms with E-state index < -0.39 is 0 Å². The minimum absolute atomic E-state index is 0.0645. The molecule has 0 aliphatic carbocycles. The molecule has 0 spiro atoms. The molecule has 0 unspecified atom stereocenters. The van der Waals surface area contributed by atoms with Crippen LogP contribution in [-0.4, -0.2) is 19.1 Å². The topological polar surface area (TPSA) is 47.6 Å². The predicted octanol–water partition coefficient (Wildman–Crippen LogP) is 5.60. The van der Waals surface area contributed by atoms with E-state index >= 15 is 0 Å². The Bertz CT molecular complexity index is 760. The summed E-state index contributed by atoms with van der Waals surface area (Å²) in [6.45, 7) is 6.90. The number of rotatable bonds is 9. The van der Waals surface area contributed by atoms with Crippen molar-refractivity contribution in [3.63, 3.8) is 0 Å². The van der Waals surface area contributed by atoms with Gasteiger partial charge in [0.05, 0.1) is 19.3 Å². The standard InChI is InChI=1S/C21H25Cl2NO3/c1-4-26-19-11-9-15(13-20(19)27-5-2)14(3)24-21(25)12-10-16-17(22)7-6-8-18(16)23/h6-9,11,13-14H,4-5,10,12H2,1-3H3,(H,24,25)/t14-/m0/s1. The lowest BCUT2D eigenvalue weighted by molar-refractivity contribution is -0.121. The Morgan fingerprint density at radius 2 is 1.67 bits per heavy atom. The van der Waals surface area contributed by atoms with Gasteiger partial charge < -0.3 is 14.8 Å². The Labute approximate surface area is 170 Å². The summed E-state index contributed by atoms with van der Waals surface area (Å²) in [7, 11) is 0. The van der Waals surface area contributed by atoms with Crippen LogP contribution in [0.5, 0.6) is 11.5 Å². The summed E-state index contributed by atoms with van der Waals surface area (Å²) in [4.78, 5) is 12.3. The fourth-order valence-corrected chi connectivity index (χ4v) is 3.33. The summed E-state index contributed by atoms with van der Waals surface area (Å²) in [5, 5.41) is 4.16. The van der Waals surface area contributed by atoms with Crippen LogP contribution in [0.25, 0.3) is 0 Å². The summed E-state index contributed by atoms with van der Waals surface area (Å²) in [6, 6.07) is 10.9. The van der Waals surface area contributed by atoms with Crippen molar-refractivity contribution in [1.82, 2.24) is 5.32 Å². The van der Waals surface area contributed by atoms with Crippen molar-refractivity contribution in [3.8, 4) is 11.5 Å². The highest BCUT2D eigenvalue weighted by Gasteiger charge is 2.14. The van der Waals surface area contributed by atoms with E-state index in [9.17, 15) is 4.79 Å². The molecule has 1 atom stereocenters. The Hall–Kier alpha value is -1.91. The number of ether oxygens (including phenoxy) is 2. The van der Waals surface area contributed by atoms with E-state index in [0.717, 1.165) is 11.1 Å². The first-order chi connectivity index (χ1) is 13.0. The molecular weight excluding hydrogens is 385 g/mol. The van der Waals surface area contributed by atoms with E-state index in [1.54, 1.807) is 18.2 Å². The lowest BCUT2D eigenvalue weighted by Gasteiger charge is -2.18. The first kappa shape index (κ1) is 21.4. The van der Waals surface area contributed by atoms with Crippen LogP contribution in [0.1, 0.15) is 44.4 Å². The van der Waals surface area contributed by atoms with E-state index in [1.165, 1.54) is 0 Å². The first-order valence-corrected chi connectivity index (χ1v) is 9.83. The maximum absolute atomic E-state index is 12.3. The summed E-state index contributed by atoms with van der Waals surface area (Å²) in [5.74, 6) is 1.32. The molecule has 0 aliphatic heterocycles. The molecule has 2 rings (SSSR count). The second kappa shape index (κ2) is 10.4. The molecular formula is C21H25Cl2NO3. The highest BCUT2D eigenvalue weighted by Crippen LogP contribution is 2.31. The van der Waals surface area contributed by atoms with Gasteiger partial charge in [0.25, 0.3) is 0 Å². The maximum atomic E-state index is 12.3. The molecule has 2 aromatic rings. The molecule has 27 heavy (non-hydrogen) atoms. The SMILES string of the molecule is CCOc1ccc([C@H](C)NC(=O)CCc2c(Cl)cccc2Cl)cc1OCC. The number of carbonyl (C=O) groups is 1. The van der Waals surface area contributed by atoms with Crippen LogP contribution in [0.4, 0.5) is 0 Å². The van der Waals surface area contributed by atoms with Crippen LogP contribution >= 0.6 is 23.2 Å². The summed E-state index contributed by atoms with van der Waals surface area (Å²) >= 11 is 12.3. The van der Waals surface area contributed by atoms with Crippen LogP contribution in [0.15, 0.2) is 36.4 Å². The molecule has 2 aromatic carbocycles. The third-order valence-corrected chi connectivity index (χ3v) is 4.82. The van der Waals surface area contributed by atoms with Crippen molar-refractivity contribution in [3.05, 3.63) is 57.6 Å². The maximum Gasteiger partial charge on any atom is 0.220 e. The van der Waals surface area contributed by atoms with Gasteiger partial charge in [0, 0.05) is 16.5 Å². The smallest absolute Gasteiger partial charge is 0.220 e. The van der Waals surface area contributed by atoms with Gasteiger partial charge in [0.1, 0.15) is 0 Å². The number of hydrogen-bond acceptors (Lipinski definition) is 3. The van der Waals surface area contributed by atoms with Gasteiger partial charge in [0.2, 0.25) is 5.91 Å². The van der Waals surface area contributed by atoms with E-state index in [0.29, 0.717) is 47.6 Å². The van der Waals surface area contributed by atoms with Crippen molar-refractivity contribution in [2.24, 2.45) is 0 Å². The first-order valence-electron chi connectivity index (χ1n) is 9.08. The van der Waals surface area contributed by atoms with Crippen LogP contribution < -0.4 is 14.8 Å². The van der Waals surface area contributed by atoms with Crippen molar-refractivity contribution in [2.75, 3.05) is 13.2 Å². The fraction of sp³-hybridized carbons (Fsp3) is 0.381. The van der Waals surface area contributed by atoms with Crippen LogP contribution in [0.3, 0.4) is 0 Å². The Morgan fingerprint density at radius 3 is 2.30 bits per heavy atom. The fourth-order valence-electron chi connectivity index (χ4n) is 2.74. The molecule has 1 N–H and O–H groups in total. The van der Waals surface area contributed by atoms with Gasteiger partial charge >= 0.3 is 0 Å². The van der Waals surface area contributed by atoms with Gasteiger partial charge in [-0.15, -0.1) is 0 Å². The van der Waals surface area contributed by atoms with Gasteiger partial charge in [-0.05, 0) is 62.6 Å². The average Bonchev–Trinajstić information content (AvgIpc) is 2.63. The second-order valence-electron chi connectivity index (χ2n) is 6.06. The van der Waals surface area contributed by atoms with Gasteiger partial charge in [0.15, 0.2) is 11.5 Å². The number of carbonyl (C=O) groups excluding carboxylic acids is 1. The predicted molar refractivity (Wildman–Crippen MR) is 110 cm³/mol. The van der Waals surface area contributed by atoms with Gasteiger partial charge in [-0.2, -0.15) is 0 Å². The van der Waals surface area contributed by atoms with E-state index in [4.69, 9.17) is 32.7 Å². The van der Waals surface area contributed by atoms with E-state index in [2.05, 4.69) is 5.32 Å². The molecule has 0 bridgehead atoms. The monoisotopic (exact) mass is 409 g/mol. The second-order valence-corrected chi connectivity index (χ2v) is 6.88. The van der Waals surface area contributed by atoms with Crippen LogP contribution in [0, 0.1) is 0 Å². The quantitative estimate of drug-likeness (QED) is 0.585. The number of hydrogen-bond donors (Lipinski definition) is 1. The molecule has 0 radical (unpaired) electrons. The molecule has 0 heterocycles. The summed E-state index contributed by atoms with van der Waals surface area (Å²) in [5.41, 5.74) is 1.74. The van der Waals surface area contributed by atoms with Crippen molar-refractivity contribution < 1.29 is 14.3 Å². The zero-order chi connectivity index (χ0) is 19.8. The van der Waals surface area contributed by atoms with Crippen LogP contribution in [-0.2, 0) is 11.2 Å². The molecule has 0 saturated carbocycles. The Kier molecular flexibility index (Phi) is 8.26. The third-order valence-electron chi connectivity index (χ3n) is 4.11. The normalized spacial score (nSPS) is 11.7. The lowest BCUT2D eigenvalue weighted by Crippen LogP contribution is -2.26. The highest BCUT2D eigenvalue weighted by molar-refractivity contribution is 6.36. The number of amides is 1.